The number of ether oxygens (including phenoxy) is 1. The molecule has 0 bridgehead atoms. The van der Waals surface area contributed by atoms with Crippen molar-refractivity contribution >= 4 is 0 Å². The van der Waals surface area contributed by atoms with Crippen LogP contribution in [0, 0.1) is 5.92 Å². The third kappa shape index (κ3) is 8.61. The van der Waals surface area contributed by atoms with Gasteiger partial charge in [0.15, 0.2) is 0 Å². The van der Waals surface area contributed by atoms with Gasteiger partial charge in [-0.2, -0.15) is 0 Å². The van der Waals surface area contributed by atoms with Gasteiger partial charge in [0.05, 0.1) is 12.7 Å². The molecule has 0 aromatic carbocycles. The summed E-state index contributed by atoms with van der Waals surface area (Å²) in [6, 6.07) is 0. The van der Waals surface area contributed by atoms with Crippen LogP contribution in [0.3, 0.4) is 0 Å². The lowest BCUT2D eigenvalue weighted by atomic mass is 10.0. The van der Waals surface area contributed by atoms with Crippen LogP contribution in [0.5, 0.6) is 0 Å². The van der Waals surface area contributed by atoms with Crippen molar-refractivity contribution in [3.8, 4) is 0 Å². The van der Waals surface area contributed by atoms with Crippen molar-refractivity contribution in [1.29, 1.82) is 0 Å². The summed E-state index contributed by atoms with van der Waals surface area (Å²) in [6.07, 6.45) is 7.25. The fourth-order valence-electron chi connectivity index (χ4n) is 2.61. The maximum Gasteiger partial charge on any atom is 0.0826 e. The van der Waals surface area contributed by atoms with Crippen molar-refractivity contribution in [2.24, 2.45) is 5.92 Å². The lowest BCUT2D eigenvalue weighted by Gasteiger charge is -2.32. The van der Waals surface area contributed by atoms with Gasteiger partial charge < -0.3 is 10.1 Å². The van der Waals surface area contributed by atoms with E-state index in [0.717, 1.165) is 45.2 Å². The average molecular weight is 270 g/mol. The van der Waals surface area contributed by atoms with Crippen molar-refractivity contribution in [3.05, 3.63) is 0 Å². The lowest BCUT2D eigenvalue weighted by Crippen LogP contribution is -2.46. The molecule has 0 amide bonds. The Bertz CT molecular complexity index is 209. The highest BCUT2D eigenvalue weighted by Gasteiger charge is 2.18. The molecule has 3 heteroatoms. The van der Waals surface area contributed by atoms with E-state index in [1.54, 1.807) is 0 Å². The van der Waals surface area contributed by atoms with Gasteiger partial charge in [-0.3, -0.25) is 4.90 Å². The number of morpholine rings is 1. The maximum atomic E-state index is 5.78. The van der Waals surface area contributed by atoms with Crippen LogP contribution in [0.15, 0.2) is 0 Å². The number of hydrogen-bond acceptors (Lipinski definition) is 3. The first kappa shape index (κ1) is 16.9. The van der Waals surface area contributed by atoms with Crippen LogP contribution in [0.25, 0.3) is 0 Å². The van der Waals surface area contributed by atoms with E-state index in [4.69, 9.17) is 4.74 Å². The molecule has 0 radical (unpaired) electrons. The minimum atomic E-state index is 0.398. The van der Waals surface area contributed by atoms with E-state index in [1.807, 2.05) is 0 Å². The molecule has 19 heavy (non-hydrogen) atoms. The molecule has 1 aliphatic heterocycles. The number of nitrogens with zero attached hydrogens (tertiary/aromatic N) is 1. The molecule has 1 N–H and O–H groups in total. The second-order valence-electron chi connectivity index (χ2n) is 6.19. The molecule has 1 unspecified atom stereocenters. The van der Waals surface area contributed by atoms with Crippen LogP contribution >= 0.6 is 0 Å². The molecule has 0 saturated carbocycles. The van der Waals surface area contributed by atoms with E-state index < -0.39 is 0 Å². The maximum absolute atomic E-state index is 5.78. The molecule has 3 nitrogen and oxygen atoms in total. The quantitative estimate of drug-likeness (QED) is 0.618. The number of likely N-dealkylation sites (N-methyl/N-ethyl adjacent to an activating group) is 1. The Balaban J connectivity index is 1.87. The van der Waals surface area contributed by atoms with Gasteiger partial charge in [-0.1, -0.05) is 46.5 Å². The first-order valence-electron chi connectivity index (χ1n) is 8.27. The van der Waals surface area contributed by atoms with Crippen molar-refractivity contribution in [1.82, 2.24) is 10.2 Å². The van der Waals surface area contributed by atoms with E-state index in [2.05, 4.69) is 31.0 Å². The molecule has 1 aliphatic rings. The fourth-order valence-corrected chi connectivity index (χ4v) is 2.61. The van der Waals surface area contributed by atoms with Gasteiger partial charge in [-0.25, -0.2) is 0 Å². The summed E-state index contributed by atoms with van der Waals surface area (Å²) in [4.78, 5) is 2.47. The average Bonchev–Trinajstić information content (AvgIpc) is 2.41. The van der Waals surface area contributed by atoms with Gasteiger partial charge in [-0.05, 0) is 25.4 Å². The summed E-state index contributed by atoms with van der Waals surface area (Å²) < 4.78 is 5.78. The number of hydrogen-bond donors (Lipinski definition) is 1. The molecule has 0 aliphatic carbocycles. The van der Waals surface area contributed by atoms with Gasteiger partial charge in [0, 0.05) is 19.6 Å². The molecule has 1 fully saturated rings. The SMILES string of the molecule is CCN1CCOC(CNCCCCCCC(C)C)C1. The predicted octanol–water partition coefficient (Wildman–Crippen LogP) is 2.90. The molecule has 0 spiro atoms. The highest BCUT2D eigenvalue weighted by molar-refractivity contribution is 4.72. The van der Waals surface area contributed by atoms with E-state index in [9.17, 15) is 0 Å². The summed E-state index contributed by atoms with van der Waals surface area (Å²) in [5.41, 5.74) is 0. The summed E-state index contributed by atoms with van der Waals surface area (Å²) in [5.74, 6) is 0.864. The largest absolute Gasteiger partial charge is 0.374 e. The first-order chi connectivity index (χ1) is 9.22. The first-order valence-corrected chi connectivity index (χ1v) is 8.27. The minimum absolute atomic E-state index is 0.398. The summed E-state index contributed by atoms with van der Waals surface area (Å²) >= 11 is 0. The standard InChI is InChI=1S/C16H34N2O/c1-4-18-11-12-19-16(14-18)13-17-10-8-6-5-7-9-15(2)3/h15-17H,4-14H2,1-3H3. The van der Waals surface area contributed by atoms with E-state index in [-0.39, 0.29) is 0 Å². The highest BCUT2D eigenvalue weighted by Crippen LogP contribution is 2.09. The zero-order valence-electron chi connectivity index (χ0n) is 13.3. The normalized spacial score (nSPS) is 21.2. The van der Waals surface area contributed by atoms with Crippen LogP contribution in [0.4, 0.5) is 0 Å². The molecule has 1 rings (SSSR count). The third-order valence-corrected chi connectivity index (χ3v) is 3.93. The van der Waals surface area contributed by atoms with Gasteiger partial charge in [0.2, 0.25) is 0 Å². The fraction of sp³-hybridized carbons (Fsp3) is 1.00. The molecule has 1 saturated heterocycles. The van der Waals surface area contributed by atoms with Crippen LogP contribution in [-0.2, 0) is 4.74 Å². The van der Waals surface area contributed by atoms with E-state index in [1.165, 1.54) is 32.1 Å². The van der Waals surface area contributed by atoms with Gasteiger partial charge in [0.25, 0.3) is 0 Å². The Morgan fingerprint density at radius 2 is 2.00 bits per heavy atom. The number of nitrogens with one attached hydrogen (secondary N) is 1. The van der Waals surface area contributed by atoms with Crippen molar-refractivity contribution in [3.63, 3.8) is 0 Å². The van der Waals surface area contributed by atoms with Crippen LogP contribution in [0.1, 0.15) is 52.9 Å². The summed E-state index contributed by atoms with van der Waals surface area (Å²) in [6.45, 7) is 13.3. The Labute approximate surface area is 120 Å². The smallest absolute Gasteiger partial charge is 0.0826 e. The lowest BCUT2D eigenvalue weighted by molar-refractivity contribution is -0.0251. The second kappa shape index (κ2) is 10.6. The van der Waals surface area contributed by atoms with Gasteiger partial charge in [0.1, 0.15) is 0 Å². The van der Waals surface area contributed by atoms with E-state index in [0.29, 0.717) is 6.10 Å². The molecular formula is C16H34N2O. The monoisotopic (exact) mass is 270 g/mol. The second-order valence-corrected chi connectivity index (χ2v) is 6.19. The Morgan fingerprint density at radius 3 is 2.74 bits per heavy atom. The highest BCUT2D eigenvalue weighted by atomic mass is 16.5. The third-order valence-electron chi connectivity index (χ3n) is 3.93. The summed E-state index contributed by atoms with van der Waals surface area (Å²) in [7, 11) is 0. The Hall–Kier alpha value is -0.120. The molecular weight excluding hydrogens is 236 g/mol. The zero-order chi connectivity index (χ0) is 13.9. The molecule has 0 aromatic heterocycles. The Kier molecular flexibility index (Phi) is 9.48. The topological polar surface area (TPSA) is 24.5 Å². The number of unbranched alkanes of at least 4 members (excludes halogenated alkanes) is 3. The van der Waals surface area contributed by atoms with Crippen LogP contribution in [-0.4, -0.2) is 50.3 Å². The zero-order valence-corrected chi connectivity index (χ0v) is 13.3. The van der Waals surface area contributed by atoms with Crippen LogP contribution in [0.2, 0.25) is 0 Å². The van der Waals surface area contributed by atoms with Crippen molar-refractivity contribution in [2.45, 2.75) is 59.0 Å². The van der Waals surface area contributed by atoms with Gasteiger partial charge in [-0.15, -0.1) is 0 Å². The van der Waals surface area contributed by atoms with Crippen LogP contribution < -0.4 is 5.32 Å². The molecule has 0 aromatic rings. The molecule has 1 heterocycles. The molecule has 114 valence electrons. The van der Waals surface area contributed by atoms with Crippen molar-refractivity contribution < 1.29 is 4.74 Å². The van der Waals surface area contributed by atoms with E-state index >= 15 is 0 Å². The van der Waals surface area contributed by atoms with Gasteiger partial charge >= 0.3 is 0 Å². The number of rotatable bonds is 10. The summed E-state index contributed by atoms with van der Waals surface area (Å²) in [5, 5.41) is 3.55. The molecule has 1 atom stereocenters. The Morgan fingerprint density at radius 1 is 1.21 bits per heavy atom. The predicted molar refractivity (Wildman–Crippen MR) is 82.6 cm³/mol. The van der Waals surface area contributed by atoms with Crippen molar-refractivity contribution in [2.75, 3.05) is 39.3 Å². The minimum Gasteiger partial charge on any atom is -0.374 e.